The maximum absolute atomic E-state index is 13.2. The molecule has 0 aliphatic carbocycles. The molecule has 0 saturated carbocycles. The van der Waals surface area contributed by atoms with E-state index < -0.39 is 0 Å². The van der Waals surface area contributed by atoms with Gasteiger partial charge in [0.1, 0.15) is 18.2 Å². The van der Waals surface area contributed by atoms with Crippen LogP contribution in [0.15, 0.2) is 36.4 Å². The van der Waals surface area contributed by atoms with Crippen LogP contribution in [0.25, 0.3) is 0 Å². The van der Waals surface area contributed by atoms with Gasteiger partial charge in [-0.05, 0) is 43.3 Å². The Hall–Kier alpha value is -1.29. The van der Waals surface area contributed by atoms with Gasteiger partial charge < -0.3 is 10.5 Å². The van der Waals surface area contributed by atoms with Crippen LogP contribution in [0.3, 0.4) is 0 Å². The first kappa shape index (κ1) is 15.1. The van der Waals surface area contributed by atoms with Crippen LogP contribution in [0.1, 0.15) is 24.1 Å². The molecule has 2 nitrogen and oxygen atoms in total. The highest BCUT2D eigenvalue weighted by molar-refractivity contribution is 6.31. The molecule has 5 heteroatoms. The van der Waals surface area contributed by atoms with Crippen LogP contribution in [-0.2, 0) is 6.61 Å². The first-order valence-corrected chi connectivity index (χ1v) is 6.84. The Kier molecular flexibility index (Phi) is 4.86. The Balaban J connectivity index is 2.20. The van der Waals surface area contributed by atoms with Crippen molar-refractivity contribution in [3.63, 3.8) is 0 Å². The summed E-state index contributed by atoms with van der Waals surface area (Å²) in [6, 6.07) is 9.17. The van der Waals surface area contributed by atoms with Crippen molar-refractivity contribution in [2.45, 2.75) is 19.6 Å². The van der Waals surface area contributed by atoms with E-state index >= 15 is 0 Å². The zero-order valence-electron chi connectivity index (χ0n) is 10.9. The maximum Gasteiger partial charge on any atom is 0.124 e. The summed E-state index contributed by atoms with van der Waals surface area (Å²) in [5.74, 6) is 0.265. The largest absolute Gasteiger partial charge is 0.489 e. The quantitative estimate of drug-likeness (QED) is 0.885. The number of ether oxygens (including phenoxy) is 1. The van der Waals surface area contributed by atoms with Crippen molar-refractivity contribution >= 4 is 23.2 Å². The molecule has 0 aromatic heterocycles. The van der Waals surface area contributed by atoms with Crippen LogP contribution in [-0.4, -0.2) is 0 Å². The molecule has 0 aliphatic heterocycles. The molecule has 0 bridgehead atoms. The number of benzene rings is 2. The van der Waals surface area contributed by atoms with Crippen molar-refractivity contribution in [2.75, 3.05) is 0 Å². The van der Waals surface area contributed by atoms with Gasteiger partial charge in [0.05, 0.1) is 0 Å². The summed E-state index contributed by atoms with van der Waals surface area (Å²) in [7, 11) is 0. The second-order valence-electron chi connectivity index (χ2n) is 4.50. The summed E-state index contributed by atoms with van der Waals surface area (Å²) in [6.45, 7) is 2.01. The van der Waals surface area contributed by atoms with Crippen molar-refractivity contribution < 1.29 is 9.13 Å². The van der Waals surface area contributed by atoms with Gasteiger partial charge in [0.2, 0.25) is 0 Å². The minimum Gasteiger partial charge on any atom is -0.489 e. The van der Waals surface area contributed by atoms with Crippen LogP contribution in [0.5, 0.6) is 5.75 Å². The van der Waals surface area contributed by atoms with Gasteiger partial charge in [-0.15, -0.1) is 0 Å². The summed E-state index contributed by atoms with van der Waals surface area (Å²) < 4.78 is 18.9. The van der Waals surface area contributed by atoms with E-state index in [1.807, 2.05) is 6.92 Å². The summed E-state index contributed by atoms with van der Waals surface area (Å²) in [5, 5.41) is 1.05. The third-order valence-corrected chi connectivity index (χ3v) is 3.46. The molecule has 2 aromatic carbocycles. The maximum atomic E-state index is 13.2. The van der Waals surface area contributed by atoms with Crippen molar-refractivity contribution in [2.24, 2.45) is 5.73 Å². The zero-order chi connectivity index (χ0) is 14.7. The van der Waals surface area contributed by atoms with E-state index in [1.54, 1.807) is 18.2 Å². The van der Waals surface area contributed by atoms with Crippen LogP contribution in [0.2, 0.25) is 10.0 Å². The highest BCUT2D eigenvalue weighted by Gasteiger charge is 2.10. The lowest BCUT2D eigenvalue weighted by Crippen LogP contribution is -2.08. The molecule has 2 aromatic rings. The molecular weight excluding hydrogens is 300 g/mol. The smallest absolute Gasteiger partial charge is 0.124 e. The Bertz CT molecular complexity index is 617. The molecule has 20 heavy (non-hydrogen) atoms. The van der Waals surface area contributed by atoms with Gasteiger partial charge in [-0.25, -0.2) is 4.39 Å². The second kappa shape index (κ2) is 6.44. The number of nitrogens with two attached hydrogens (primary N) is 1. The van der Waals surface area contributed by atoms with Crippen LogP contribution in [0, 0.1) is 5.82 Å². The molecule has 0 saturated heterocycles. The fraction of sp³-hybridized carbons (Fsp3) is 0.200. The van der Waals surface area contributed by atoms with Gasteiger partial charge in [0, 0.05) is 27.2 Å². The van der Waals surface area contributed by atoms with E-state index in [0.29, 0.717) is 21.4 Å². The van der Waals surface area contributed by atoms with E-state index in [9.17, 15) is 4.39 Å². The zero-order valence-corrected chi connectivity index (χ0v) is 12.4. The SMILES string of the molecule is C[C@@H](N)c1cc(Cl)ccc1OCc1cc(F)ccc1Cl. The van der Waals surface area contributed by atoms with E-state index in [4.69, 9.17) is 33.7 Å². The van der Waals surface area contributed by atoms with E-state index in [2.05, 4.69) is 0 Å². The monoisotopic (exact) mass is 313 g/mol. The number of hydrogen-bond donors (Lipinski definition) is 1. The van der Waals surface area contributed by atoms with Crippen LogP contribution >= 0.6 is 23.2 Å². The Morgan fingerprint density at radius 2 is 1.95 bits per heavy atom. The highest BCUT2D eigenvalue weighted by Crippen LogP contribution is 2.28. The summed E-state index contributed by atoms with van der Waals surface area (Å²) in [6.07, 6.45) is 0. The van der Waals surface area contributed by atoms with Crippen molar-refractivity contribution in [3.8, 4) is 5.75 Å². The fourth-order valence-electron chi connectivity index (χ4n) is 1.82. The van der Waals surface area contributed by atoms with Gasteiger partial charge in [0.15, 0.2) is 0 Å². The molecule has 0 aliphatic rings. The molecular formula is C15H14Cl2FNO. The predicted molar refractivity (Wildman–Crippen MR) is 79.8 cm³/mol. The average molecular weight is 314 g/mol. The minimum absolute atomic E-state index is 0.165. The minimum atomic E-state index is -0.350. The van der Waals surface area contributed by atoms with E-state index in [0.717, 1.165) is 5.56 Å². The second-order valence-corrected chi connectivity index (χ2v) is 5.34. The molecule has 0 fully saturated rings. The molecule has 0 spiro atoms. The lowest BCUT2D eigenvalue weighted by atomic mass is 10.1. The third-order valence-electron chi connectivity index (χ3n) is 2.85. The Labute approximate surface area is 127 Å². The van der Waals surface area contributed by atoms with Gasteiger partial charge in [-0.2, -0.15) is 0 Å². The summed E-state index contributed by atoms with van der Waals surface area (Å²) >= 11 is 11.9. The topological polar surface area (TPSA) is 35.2 Å². The van der Waals surface area contributed by atoms with E-state index in [-0.39, 0.29) is 18.5 Å². The Morgan fingerprint density at radius 1 is 1.20 bits per heavy atom. The standard InChI is InChI=1S/C15H14Cl2FNO/c1-9(19)13-7-11(16)2-5-15(13)20-8-10-6-12(18)3-4-14(10)17/h2-7,9H,8,19H2,1H3/t9-/m1/s1. The molecule has 0 unspecified atom stereocenters. The van der Waals surface area contributed by atoms with Crippen LogP contribution in [0.4, 0.5) is 4.39 Å². The van der Waals surface area contributed by atoms with Crippen LogP contribution < -0.4 is 10.5 Å². The normalized spacial score (nSPS) is 12.2. The number of hydrogen-bond acceptors (Lipinski definition) is 2. The molecule has 1 atom stereocenters. The van der Waals surface area contributed by atoms with Crippen molar-refractivity contribution in [1.29, 1.82) is 0 Å². The summed E-state index contributed by atoms with van der Waals surface area (Å²) in [4.78, 5) is 0. The number of halogens is 3. The molecule has 2 rings (SSSR count). The summed E-state index contributed by atoms with van der Waals surface area (Å²) in [5.41, 5.74) is 7.26. The van der Waals surface area contributed by atoms with Crippen molar-refractivity contribution in [1.82, 2.24) is 0 Å². The predicted octanol–water partition coefficient (Wildman–Crippen LogP) is 4.73. The lowest BCUT2D eigenvalue weighted by molar-refractivity contribution is 0.301. The molecule has 0 amide bonds. The van der Waals surface area contributed by atoms with E-state index in [1.165, 1.54) is 18.2 Å². The molecule has 0 heterocycles. The average Bonchev–Trinajstić information content (AvgIpc) is 2.40. The first-order valence-electron chi connectivity index (χ1n) is 6.09. The van der Waals surface area contributed by atoms with Crippen molar-refractivity contribution in [3.05, 3.63) is 63.4 Å². The Morgan fingerprint density at radius 3 is 2.65 bits per heavy atom. The fourth-order valence-corrected chi connectivity index (χ4v) is 2.17. The van der Waals surface area contributed by atoms with Gasteiger partial charge in [0.25, 0.3) is 0 Å². The number of rotatable bonds is 4. The highest BCUT2D eigenvalue weighted by atomic mass is 35.5. The van der Waals surface area contributed by atoms with Gasteiger partial charge in [-0.1, -0.05) is 23.2 Å². The molecule has 106 valence electrons. The van der Waals surface area contributed by atoms with Gasteiger partial charge in [-0.3, -0.25) is 0 Å². The molecule has 0 radical (unpaired) electrons. The lowest BCUT2D eigenvalue weighted by Gasteiger charge is -2.15. The third kappa shape index (κ3) is 3.63. The van der Waals surface area contributed by atoms with Gasteiger partial charge >= 0.3 is 0 Å². The first-order chi connectivity index (χ1) is 9.47. The molecule has 2 N–H and O–H groups in total.